The summed E-state index contributed by atoms with van der Waals surface area (Å²) in [6, 6.07) is 9.70. The predicted molar refractivity (Wildman–Crippen MR) is 102 cm³/mol. The Bertz CT molecular complexity index is 926. The first-order chi connectivity index (χ1) is 12.2. The van der Waals surface area contributed by atoms with Gasteiger partial charge in [-0.05, 0) is 49.1 Å². The average molecular weight is 457 g/mol. The van der Waals surface area contributed by atoms with Gasteiger partial charge in [0.2, 0.25) is 5.91 Å². The largest absolute Gasteiger partial charge is 0.328 e. The quantitative estimate of drug-likeness (QED) is 0.748. The summed E-state index contributed by atoms with van der Waals surface area (Å²) in [4.78, 5) is 27.5. The number of rotatable bonds is 5. The number of likely N-dealkylation sites (tertiary alicyclic amines) is 1. The van der Waals surface area contributed by atoms with E-state index in [4.69, 9.17) is 0 Å². The Labute approximate surface area is 164 Å². The van der Waals surface area contributed by atoms with Gasteiger partial charge in [0.05, 0.1) is 11.3 Å². The van der Waals surface area contributed by atoms with E-state index in [9.17, 15) is 18.0 Å². The summed E-state index contributed by atoms with van der Waals surface area (Å²) < 4.78 is 27.7. The van der Waals surface area contributed by atoms with Gasteiger partial charge in [0.25, 0.3) is 15.9 Å². The van der Waals surface area contributed by atoms with Crippen LogP contribution in [0.25, 0.3) is 0 Å². The molecular formula is C17H17BrN2O4S2. The minimum absolute atomic E-state index is 0.00608. The number of hydrogen-bond donors (Lipinski definition) is 1. The standard InChI is InChI=1S/C17H17BrN2O4S2/c1-17(8-9-20(17)15(21)11-13-3-2-10-25-13)16(22)19-26(23,24)14-6-4-12(18)5-7-14/h2-7,10H,8-9,11H2,1H3,(H,19,22). The van der Waals surface area contributed by atoms with Gasteiger partial charge in [-0.25, -0.2) is 13.1 Å². The first-order valence-electron chi connectivity index (χ1n) is 7.88. The topological polar surface area (TPSA) is 83.6 Å². The van der Waals surface area contributed by atoms with Gasteiger partial charge >= 0.3 is 0 Å². The van der Waals surface area contributed by atoms with Crippen LogP contribution >= 0.6 is 27.3 Å². The molecule has 6 nitrogen and oxygen atoms in total. The summed E-state index contributed by atoms with van der Waals surface area (Å²) in [5.41, 5.74) is -1.16. The molecule has 1 aromatic heterocycles. The van der Waals surface area contributed by atoms with E-state index in [1.807, 2.05) is 17.5 Å². The number of benzene rings is 1. The summed E-state index contributed by atoms with van der Waals surface area (Å²) >= 11 is 4.71. The highest BCUT2D eigenvalue weighted by molar-refractivity contribution is 9.10. The van der Waals surface area contributed by atoms with Crippen molar-refractivity contribution in [3.63, 3.8) is 0 Å². The zero-order valence-electron chi connectivity index (χ0n) is 13.9. The number of sulfonamides is 1. The second-order valence-electron chi connectivity index (χ2n) is 6.21. The van der Waals surface area contributed by atoms with Crippen LogP contribution < -0.4 is 4.72 Å². The van der Waals surface area contributed by atoms with Gasteiger partial charge in [0.15, 0.2) is 0 Å². The molecule has 9 heteroatoms. The molecule has 1 unspecified atom stereocenters. The number of amides is 2. The van der Waals surface area contributed by atoms with Crippen molar-refractivity contribution in [1.82, 2.24) is 9.62 Å². The fourth-order valence-electron chi connectivity index (χ4n) is 2.76. The van der Waals surface area contributed by atoms with Crippen LogP contribution in [0.5, 0.6) is 0 Å². The third-order valence-corrected chi connectivity index (χ3v) is 7.22. The predicted octanol–water partition coefficient (Wildman–Crippen LogP) is 2.55. The van der Waals surface area contributed by atoms with Gasteiger partial charge in [-0.2, -0.15) is 0 Å². The van der Waals surface area contributed by atoms with Crippen molar-refractivity contribution >= 4 is 49.1 Å². The van der Waals surface area contributed by atoms with Crippen LogP contribution in [-0.4, -0.2) is 37.2 Å². The Morgan fingerprint density at radius 2 is 1.96 bits per heavy atom. The highest BCUT2D eigenvalue weighted by Crippen LogP contribution is 2.32. The Kier molecular flexibility index (Phi) is 5.23. The smallest absolute Gasteiger partial charge is 0.264 e. The molecule has 2 aromatic rings. The molecule has 2 amide bonds. The van der Waals surface area contributed by atoms with Crippen LogP contribution in [0.15, 0.2) is 51.1 Å². The van der Waals surface area contributed by atoms with Crippen LogP contribution in [0.1, 0.15) is 18.2 Å². The van der Waals surface area contributed by atoms with Gasteiger partial charge in [-0.15, -0.1) is 11.3 Å². The fraction of sp³-hybridized carbons (Fsp3) is 0.294. The highest BCUT2D eigenvalue weighted by atomic mass is 79.9. The second kappa shape index (κ2) is 7.13. The molecule has 1 aromatic carbocycles. The molecule has 1 N–H and O–H groups in total. The van der Waals surface area contributed by atoms with Gasteiger partial charge in [0, 0.05) is 15.9 Å². The molecule has 1 aliphatic heterocycles. The average Bonchev–Trinajstić information content (AvgIpc) is 3.05. The highest BCUT2D eigenvalue weighted by Gasteiger charge is 2.50. The molecule has 1 fully saturated rings. The van der Waals surface area contributed by atoms with Crippen LogP contribution in [0.3, 0.4) is 0 Å². The lowest BCUT2D eigenvalue weighted by molar-refractivity contribution is -0.156. The maximum absolute atomic E-state index is 12.6. The summed E-state index contributed by atoms with van der Waals surface area (Å²) in [7, 11) is -3.99. The van der Waals surface area contributed by atoms with E-state index in [0.717, 1.165) is 9.35 Å². The molecule has 26 heavy (non-hydrogen) atoms. The summed E-state index contributed by atoms with van der Waals surface area (Å²) in [6.07, 6.45) is 0.630. The minimum Gasteiger partial charge on any atom is -0.328 e. The van der Waals surface area contributed by atoms with Crippen molar-refractivity contribution < 1.29 is 18.0 Å². The van der Waals surface area contributed by atoms with E-state index in [1.165, 1.54) is 28.4 Å². The normalized spacial score (nSPS) is 19.7. The van der Waals surface area contributed by atoms with Crippen LogP contribution in [0, 0.1) is 0 Å². The van der Waals surface area contributed by atoms with Gasteiger partial charge < -0.3 is 4.90 Å². The molecule has 3 rings (SSSR count). The molecule has 138 valence electrons. The SMILES string of the molecule is CC1(C(=O)NS(=O)(=O)c2ccc(Br)cc2)CCN1C(=O)Cc1cccs1. The lowest BCUT2D eigenvalue weighted by atomic mass is 9.85. The third kappa shape index (κ3) is 3.70. The number of carbonyl (C=O) groups is 2. The van der Waals surface area contributed by atoms with Crippen molar-refractivity contribution in [2.24, 2.45) is 0 Å². The third-order valence-electron chi connectivity index (χ3n) is 4.46. The monoisotopic (exact) mass is 456 g/mol. The fourth-order valence-corrected chi connectivity index (χ4v) is 4.79. The second-order valence-corrected chi connectivity index (χ2v) is 9.84. The number of carbonyl (C=O) groups excluding carboxylic acids is 2. The molecule has 1 saturated heterocycles. The molecule has 1 atom stereocenters. The molecule has 0 saturated carbocycles. The number of nitrogens with zero attached hydrogens (tertiary/aromatic N) is 1. The first kappa shape index (κ1) is 19.1. The molecule has 0 spiro atoms. The molecule has 2 heterocycles. The van der Waals surface area contributed by atoms with Crippen molar-refractivity contribution in [3.05, 3.63) is 51.1 Å². The number of halogens is 1. The zero-order valence-corrected chi connectivity index (χ0v) is 17.2. The Morgan fingerprint density at radius 1 is 1.27 bits per heavy atom. The summed E-state index contributed by atoms with van der Waals surface area (Å²) in [5, 5.41) is 1.88. The van der Waals surface area contributed by atoms with Crippen LogP contribution in [-0.2, 0) is 26.0 Å². The summed E-state index contributed by atoms with van der Waals surface area (Å²) in [5.74, 6) is -0.872. The minimum atomic E-state index is -3.99. The molecular weight excluding hydrogens is 440 g/mol. The maximum atomic E-state index is 12.6. The van der Waals surface area contributed by atoms with Gasteiger partial charge in [0.1, 0.15) is 5.54 Å². The van der Waals surface area contributed by atoms with Gasteiger partial charge in [-0.3, -0.25) is 9.59 Å². The van der Waals surface area contributed by atoms with Crippen molar-refractivity contribution in [2.75, 3.05) is 6.54 Å². The van der Waals surface area contributed by atoms with E-state index in [1.54, 1.807) is 19.1 Å². The Morgan fingerprint density at radius 3 is 2.50 bits per heavy atom. The Hall–Kier alpha value is -1.71. The van der Waals surface area contributed by atoms with Crippen molar-refractivity contribution in [1.29, 1.82) is 0 Å². The lowest BCUT2D eigenvalue weighted by Crippen LogP contribution is -2.68. The lowest BCUT2D eigenvalue weighted by Gasteiger charge is -2.48. The van der Waals surface area contributed by atoms with E-state index in [2.05, 4.69) is 20.7 Å². The van der Waals surface area contributed by atoms with Crippen molar-refractivity contribution in [2.45, 2.75) is 30.2 Å². The molecule has 1 aliphatic rings. The number of hydrogen-bond acceptors (Lipinski definition) is 5. The zero-order chi connectivity index (χ0) is 18.9. The van der Waals surface area contributed by atoms with E-state index >= 15 is 0 Å². The molecule has 0 bridgehead atoms. The van der Waals surface area contributed by atoms with Gasteiger partial charge in [-0.1, -0.05) is 22.0 Å². The van der Waals surface area contributed by atoms with E-state index in [-0.39, 0.29) is 17.2 Å². The molecule has 0 radical (unpaired) electrons. The van der Waals surface area contributed by atoms with E-state index < -0.39 is 21.5 Å². The molecule has 0 aliphatic carbocycles. The first-order valence-corrected chi connectivity index (χ1v) is 11.0. The maximum Gasteiger partial charge on any atom is 0.264 e. The van der Waals surface area contributed by atoms with Crippen LogP contribution in [0.2, 0.25) is 0 Å². The summed E-state index contributed by atoms with van der Waals surface area (Å²) in [6.45, 7) is 2.03. The van der Waals surface area contributed by atoms with Crippen molar-refractivity contribution in [3.8, 4) is 0 Å². The number of thiophene rings is 1. The number of nitrogens with one attached hydrogen (secondary N) is 1. The van der Waals surface area contributed by atoms with E-state index in [0.29, 0.717) is 13.0 Å². The Balaban J connectivity index is 1.72. The van der Waals surface area contributed by atoms with Crippen LogP contribution in [0.4, 0.5) is 0 Å².